The minimum atomic E-state index is -0.0483. The average molecular weight is 185 g/mol. The lowest BCUT2D eigenvalue weighted by atomic mass is 9.99. The maximum atomic E-state index is 5.36. The smallest absolute Gasteiger partial charge is 0.0637 e. The zero-order valence-electron chi connectivity index (χ0n) is 9.55. The zero-order valence-corrected chi connectivity index (χ0v) is 9.55. The van der Waals surface area contributed by atoms with E-state index < -0.39 is 0 Å². The third-order valence-corrected chi connectivity index (χ3v) is 2.25. The lowest BCUT2D eigenvalue weighted by Gasteiger charge is -2.28. The fraction of sp³-hybridized carbons (Fsp3) is 0.818. The molecule has 0 aromatic rings. The largest absolute Gasteiger partial charge is 0.379 e. The molecule has 13 heavy (non-hydrogen) atoms. The van der Waals surface area contributed by atoms with Crippen LogP contribution in [-0.4, -0.2) is 24.8 Å². The lowest BCUT2D eigenvalue weighted by Crippen LogP contribution is -2.39. The van der Waals surface area contributed by atoms with E-state index in [1.807, 2.05) is 6.08 Å². The molecular formula is C11H23NO. The van der Waals surface area contributed by atoms with Gasteiger partial charge in [0.15, 0.2) is 0 Å². The number of methoxy groups -OCH3 is 1. The van der Waals surface area contributed by atoms with E-state index in [1.165, 1.54) is 0 Å². The third kappa shape index (κ3) is 5.83. The molecule has 2 atom stereocenters. The Kier molecular flexibility index (Phi) is 5.26. The standard InChI is InChI=1S/C11H23NO/c1-7-9(2)12-10(3)8-11(4,5)13-6/h7,9-10,12H,1,8H2,2-6H3. The van der Waals surface area contributed by atoms with E-state index in [0.717, 1.165) is 6.42 Å². The van der Waals surface area contributed by atoms with Crippen LogP contribution in [0.5, 0.6) is 0 Å². The van der Waals surface area contributed by atoms with Crippen molar-refractivity contribution in [2.24, 2.45) is 0 Å². The van der Waals surface area contributed by atoms with Crippen molar-refractivity contribution >= 4 is 0 Å². The summed E-state index contributed by atoms with van der Waals surface area (Å²) in [5, 5.41) is 3.42. The number of hydrogen-bond donors (Lipinski definition) is 1. The van der Waals surface area contributed by atoms with Crippen LogP contribution < -0.4 is 5.32 Å². The molecule has 78 valence electrons. The molecule has 0 radical (unpaired) electrons. The molecule has 0 aliphatic rings. The molecular weight excluding hydrogens is 162 g/mol. The summed E-state index contributed by atoms with van der Waals surface area (Å²) in [5.41, 5.74) is -0.0483. The molecule has 0 aliphatic heterocycles. The average Bonchev–Trinajstić information content (AvgIpc) is 2.03. The molecule has 0 amide bonds. The quantitative estimate of drug-likeness (QED) is 0.641. The maximum absolute atomic E-state index is 5.36. The Morgan fingerprint density at radius 3 is 2.38 bits per heavy atom. The Morgan fingerprint density at radius 1 is 1.46 bits per heavy atom. The van der Waals surface area contributed by atoms with Crippen molar-refractivity contribution in [1.29, 1.82) is 0 Å². The van der Waals surface area contributed by atoms with Crippen LogP contribution in [0.1, 0.15) is 34.1 Å². The van der Waals surface area contributed by atoms with Gasteiger partial charge < -0.3 is 10.1 Å². The molecule has 2 nitrogen and oxygen atoms in total. The Balaban J connectivity index is 3.86. The van der Waals surface area contributed by atoms with Crippen LogP contribution in [0, 0.1) is 0 Å². The lowest BCUT2D eigenvalue weighted by molar-refractivity contribution is 0.00823. The van der Waals surface area contributed by atoms with E-state index in [1.54, 1.807) is 7.11 Å². The van der Waals surface area contributed by atoms with Gasteiger partial charge in [0.25, 0.3) is 0 Å². The van der Waals surface area contributed by atoms with Crippen LogP contribution in [0.4, 0.5) is 0 Å². The van der Waals surface area contributed by atoms with Crippen LogP contribution in [0.3, 0.4) is 0 Å². The second-order valence-electron chi connectivity index (χ2n) is 4.26. The van der Waals surface area contributed by atoms with Crippen LogP contribution in [-0.2, 0) is 4.74 Å². The first-order valence-electron chi connectivity index (χ1n) is 4.85. The highest BCUT2D eigenvalue weighted by atomic mass is 16.5. The Hall–Kier alpha value is -0.340. The predicted octanol–water partition coefficient (Wildman–Crippen LogP) is 2.35. The first kappa shape index (κ1) is 12.7. The van der Waals surface area contributed by atoms with Gasteiger partial charge in [-0.05, 0) is 34.1 Å². The minimum Gasteiger partial charge on any atom is -0.379 e. The summed E-state index contributed by atoms with van der Waals surface area (Å²) in [6, 6.07) is 0.811. The summed E-state index contributed by atoms with van der Waals surface area (Å²) in [4.78, 5) is 0. The van der Waals surface area contributed by atoms with Gasteiger partial charge in [-0.3, -0.25) is 0 Å². The van der Waals surface area contributed by atoms with E-state index in [0.29, 0.717) is 12.1 Å². The van der Waals surface area contributed by atoms with Gasteiger partial charge in [-0.25, -0.2) is 0 Å². The van der Waals surface area contributed by atoms with Crippen molar-refractivity contribution in [3.63, 3.8) is 0 Å². The first-order chi connectivity index (χ1) is 5.91. The molecule has 0 saturated carbocycles. The van der Waals surface area contributed by atoms with Gasteiger partial charge in [-0.2, -0.15) is 0 Å². The third-order valence-electron chi connectivity index (χ3n) is 2.25. The Bertz CT molecular complexity index is 154. The summed E-state index contributed by atoms with van der Waals surface area (Å²) in [5.74, 6) is 0. The number of ether oxygens (including phenoxy) is 1. The maximum Gasteiger partial charge on any atom is 0.0637 e. The molecule has 2 heteroatoms. The Morgan fingerprint density at radius 2 is 2.00 bits per heavy atom. The van der Waals surface area contributed by atoms with E-state index >= 15 is 0 Å². The summed E-state index contributed by atoms with van der Waals surface area (Å²) in [7, 11) is 1.75. The zero-order chi connectivity index (χ0) is 10.5. The van der Waals surface area contributed by atoms with Gasteiger partial charge in [0, 0.05) is 19.2 Å². The van der Waals surface area contributed by atoms with Gasteiger partial charge in [0.1, 0.15) is 0 Å². The van der Waals surface area contributed by atoms with E-state index in [-0.39, 0.29) is 5.60 Å². The molecule has 0 aliphatic carbocycles. The topological polar surface area (TPSA) is 21.3 Å². The van der Waals surface area contributed by atoms with Crippen LogP contribution in [0.15, 0.2) is 12.7 Å². The van der Waals surface area contributed by atoms with Crippen molar-refractivity contribution in [3.8, 4) is 0 Å². The molecule has 0 saturated heterocycles. The van der Waals surface area contributed by atoms with Gasteiger partial charge >= 0.3 is 0 Å². The summed E-state index contributed by atoms with van der Waals surface area (Å²) in [6.07, 6.45) is 2.91. The van der Waals surface area contributed by atoms with Gasteiger partial charge in [-0.1, -0.05) is 6.08 Å². The van der Waals surface area contributed by atoms with Crippen LogP contribution in [0.2, 0.25) is 0 Å². The first-order valence-corrected chi connectivity index (χ1v) is 4.85. The highest BCUT2D eigenvalue weighted by Gasteiger charge is 2.20. The fourth-order valence-electron chi connectivity index (χ4n) is 1.40. The molecule has 0 fully saturated rings. The monoisotopic (exact) mass is 185 g/mol. The molecule has 1 N–H and O–H groups in total. The van der Waals surface area contributed by atoms with Gasteiger partial charge in [-0.15, -0.1) is 6.58 Å². The fourth-order valence-corrected chi connectivity index (χ4v) is 1.40. The molecule has 0 heterocycles. The van der Waals surface area contributed by atoms with E-state index in [9.17, 15) is 0 Å². The second kappa shape index (κ2) is 5.40. The summed E-state index contributed by atoms with van der Waals surface area (Å²) < 4.78 is 5.36. The van der Waals surface area contributed by atoms with Crippen molar-refractivity contribution in [2.75, 3.05) is 7.11 Å². The minimum absolute atomic E-state index is 0.0483. The van der Waals surface area contributed by atoms with Gasteiger partial charge in [0.2, 0.25) is 0 Å². The summed E-state index contributed by atoms with van der Waals surface area (Å²) in [6.45, 7) is 12.2. The molecule has 0 rings (SSSR count). The molecule has 0 bridgehead atoms. The number of rotatable bonds is 6. The van der Waals surface area contributed by atoms with E-state index in [2.05, 4.69) is 39.6 Å². The highest BCUT2D eigenvalue weighted by molar-refractivity contribution is 4.85. The molecule has 0 spiro atoms. The second-order valence-corrected chi connectivity index (χ2v) is 4.26. The predicted molar refractivity (Wildman–Crippen MR) is 58.0 cm³/mol. The Labute approximate surface area is 82.4 Å². The molecule has 0 aromatic heterocycles. The van der Waals surface area contributed by atoms with Crippen molar-refractivity contribution in [2.45, 2.75) is 51.8 Å². The van der Waals surface area contributed by atoms with E-state index in [4.69, 9.17) is 4.74 Å². The van der Waals surface area contributed by atoms with Crippen molar-refractivity contribution < 1.29 is 4.74 Å². The van der Waals surface area contributed by atoms with Crippen LogP contribution in [0.25, 0.3) is 0 Å². The van der Waals surface area contributed by atoms with Gasteiger partial charge in [0.05, 0.1) is 5.60 Å². The number of nitrogens with one attached hydrogen (secondary N) is 1. The van der Waals surface area contributed by atoms with Crippen molar-refractivity contribution in [3.05, 3.63) is 12.7 Å². The normalized spacial score (nSPS) is 16.7. The molecule has 2 unspecified atom stereocenters. The SMILES string of the molecule is C=CC(C)NC(C)CC(C)(C)OC. The number of hydrogen-bond acceptors (Lipinski definition) is 2. The summed E-state index contributed by atoms with van der Waals surface area (Å²) >= 11 is 0. The highest BCUT2D eigenvalue weighted by Crippen LogP contribution is 2.15. The van der Waals surface area contributed by atoms with Crippen LogP contribution >= 0.6 is 0 Å². The van der Waals surface area contributed by atoms with Crippen molar-refractivity contribution in [1.82, 2.24) is 5.32 Å². The molecule has 0 aromatic carbocycles.